The fraction of sp³-hybridized carbons (Fsp3) is 0.125. The lowest BCUT2D eigenvalue weighted by molar-refractivity contribution is 0.870. The van der Waals surface area contributed by atoms with Gasteiger partial charge in [-0.05, 0) is 25.1 Å². The van der Waals surface area contributed by atoms with E-state index in [9.17, 15) is 0 Å². The summed E-state index contributed by atoms with van der Waals surface area (Å²) in [4.78, 5) is 4.61. The standard InChI is InChI=1S/C16H11Cl2N3/c1-10-3-2-4-11(7-10)16-20-14-8-12(17)13(18)9-15(14)21(16)6-5-19/h2-4,7-9H,6H2,1H3. The molecule has 0 amide bonds. The van der Waals surface area contributed by atoms with Gasteiger partial charge in [-0.15, -0.1) is 0 Å². The number of halogens is 2. The second-order valence-electron chi connectivity index (χ2n) is 4.80. The van der Waals surface area contributed by atoms with Crippen molar-refractivity contribution in [2.45, 2.75) is 13.5 Å². The topological polar surface area (TPSA) is 41.6 Å². The third kappa shape index (κ3) is 2.49. The van der Waals surface area contributed by atoms with Gasteiger partial charge in [0.05, 0.1) is 27.1 Å². The van der Waals surface area contributed by atoms with Crippen LogP contribution in [0.2, 0.25) is 10.0 Å². The maximum atomic E-state index is 9.09. The molecule has 0 bridgehead atoms. The third-order valence-electron chi connectivity index (χ3n) is 3.30. The average Bonchev–Trinajstić information content (AvgIpc) is 2.78. The molecule has 0 unspecified atom stereocenters. The third-order valence-corrected chi connectivity index (χ3v) is 4.02. The van der Waals surface area contributed by atoms with E-state index in [1.807, 2.05) is 35.8 Å². The van der Waals surface area contributed by atoms with Crippen molar-refractivity contribution in [2.75, 3.05) is 0 Å². The number of hydrogen-bond donors (Lipinski definition) is 0. The van der Waals surface area contributed by atoms with Gasteiger partial charge in [-0.3, -0.25) is 0 Å². The normalized spacial score (nSPS) is 10.8. The van der Waals surface area contributed by atoms with Crippen molar-refractivity contribution in [3.63, 3.8) is 0 Å². The number of nitrogens with zero attached hydrogens (tertiary/aromatic N) is 3. The molecule has 5 heteroatoms. The summed E-state index contributed by atoms with van der Waals surface area (Å²) in [6.07, 6.45) is 0. The summed E-state index contributed by atoms with van der Waals surface area (Å²) in [6.45, 7) is 2.23. The first-order valence-electron chi connectivity index (χ1n) is 6.39. The lowest BCUT2D eigenvalue weighted by Gasteiger charge is -2.06. The molecule has 1 aromatic heterocycles. The van der Waals surface area contributed by atoms with E-state index >= 15 is 0 Å². The molecular weight excluding hydrogens is 305 g/mol. The number of imidazole rings is 1. The van der Waals surface area contributed by atoms with E-state index < -0.39 is 0 Å². The molecule has 0 aliphatic carbocycles. The van der Waals surface area contributed by atoms with E-state index in [4.69, 9.17) is 28.5 Å². The van der Waals surface area contributed by atoms with Crippen LogP contribution in [0.1, 0.15) is 5.56 Å². The number of fused-ring (bicyclic) bond motifs is 1. The second-order valence-corrected chi connectivity index (χ2v) is 5.62. The summed E-state index contributed by atoms with van der Waals surface area (Å²) >= 11 is 12.1. The minimum absolute atomic E-state index is 0.206. The molecule has 0 aliphatic rings. The summed E-state index contributed by atoms with van der Waals surface area (Å²) in [6, 6.07) is 13.7. The summed E-state index contributed by atoms with van der Waals surface area (Å²) in [5, 5.41) is 10.0. The van der Waals surface area contributed by atoms with Gasteiger partial charge >= 0.3 is 0 Å². The van der Waals surface area contributed by atoms with Crippen molar-refractivity contribution in [2.24, 2.45) is 0 Å². The molecule has 0 N–H and O–H groups in total. The van der Waals surface area contributed by atoms with Crippen LogP contribution in [0.5, 0.6) is 0 Å². The van der Waals surface area contributed by atoms with Crippen molar-refractivity contribution >= 4 is 34.2 Å². The molecule has 104 valence electrons. The second kappa shape index (κ2) is 5.40. The van der Waals surface area contributed by atoms with Crippen molar-refractivity contribution in [1.82, 2.24) is 9.55 Å². The quantitative estimate of drug-likeness (QED) is 0.678. The number of aromatic nitrogens is 2. The summed E-state index contributed by atoms with van der Waals surface area (Å²) < 4.78 is 1.85. The highest BCUT2D eigenvalue weighted by molar-refractivity contribution is 6.42. The van der Waals surface area contributed by atoms with Crippen molar-refractivity contribution < 1.29 is 0 Å². The Kier molecular flexibility index (Phi) is 3.59. The van der Waals surface area contributed by atoms with Crippen LogP contribution in [-0.4, -0.2) is 9.55 Å². The van der Waals surface area contributed by atoms with E-state index in [-0.39, 0.29) is 6.54 Å². The van der Waals surface area contributed by atoms with Gasteiger partial charge in [0.25, 0.3) is 0 Å². The largest absolute Gasteiger partial charge is 0.310 e. The van der Waals surface area contributed by atoms with E-state index in [0.29, 0.717) is 10.0 Å². The Bertz CT molecular complexity index is 875. The van der Waals surface area contributed by atoms with Crippen LogP contribution >= 0.6 is 23.2 Å². The highest BCUT2D eigenvalue weighted by Crippen LogP contribution is 2.31. The van der Waals surface area contributed by atoms with E-state index in [2.05, 4.69) is 11.1 Å². The molecule has 21 heavy (non-hydrogen) atoms. The van der Waals surface area contributed by atoms with Gasteiger partial charge in [0.15, 0.2) is 0 Å². The summed E-state index contributed by atoms with van der Waals surface area (Å²) in [7, 11) is 0. The fourth-order valence-corrected chi connectivity index (χ4v) is 2.67. The predicted octanol–water partition coefficient (Wildman–Crippen LogP) is 4.84. The maximum Gasteiger partial charge on any atom is 0.142 e. The Morgan fingerprint density at radius 2 is 1.95 bits per heavy atom. The zero-order valence-corrected chi connectivity index (χ0v) is 12.8. The van der Waals surface area contributed by atoms with Crippen molar-refractivity contribution in [3.05, 3.63) is 52.0 Å². The number of aryl methyl sites for hydroxylation is 1. The number of hydrogen-bond acceptors (Lipinski definition) is 2. The molecule has 0 fully saturated rings. The van der Waals surface area contributed by atoms with Crippen LogP contribution < -0.4 is 0 Å². The minimum atomic E-state index is 0.206. The molecule has 2 aromatic carbocycles. The van der Waals surface area contributed by atoms with Crippen LogP contribution in [0.15, 0.2) is 36.4 Å². The van der Waals surface area contributed by atoms with Gasteiger partial charge in [0.1, 0.15) is 12.4 Å². The summed E-state index contributed by atoms with van der Waals surface area (Å²) in [5.41, 5.74) is 3.64. The molecule has 0 aliphatic heterocycles. The van der Waals surface area contributed by atoms with Gasteiger partial charge in [0, 0.05) is 5.56 Å². The van der Waals surface area contributed by atoms with E-state index in [0.717, 1.165) is 28.0 Å². The van der Waals surface area contributed by atoms with Crippen LogP contribution in [0.25, 0.3) is 22.4 Å². The van der Waals surface area contributed by atoms with Crippen LogP contribution in [0, 0.1) is 18.3 Å². The van der Waals surface area contributed by atoms with Crippen LogP contribution in [0.4, 0.5) is 0 Å². The summed E-state index contributed by atoms with van der Waals surface area (Å²) in [5.74, 6) is 0.744. The first-order valence-corrected chi connectivity index (χ1v) is 7.15. The smallest absolute Gasteiger partial charge is 0.142 e. The highest BCUT2D eigenvalue weighted by Gasteiger charge is 2.14. The lowest BCUT2D eigenvalue weighted by atomic mass is 10.1. The highest BCUT2D eigenvalue weighted by atomic mass is 35.5. The van der Waals surface area contributed by atoms with Gasteiger partial charge < -0.3 is 4.57 Å². The predicted molar refractivity (Wildman–Crippen MR) is 85.5 cm³/mol. The molecular formula is C16H11Cl2N3. The molecule has 0 radical (unpaired) electrons. The monoisotopic (exact) mass is 315 g/mol. The molecule has 0 saturated carbocycles. The van der Waals surface area contributed by atoms with Crippen LogP contribution in [0.3, 0.4) is 0 Å². The Labute approximate surface area is 132 Å². The minimum Gasteiger partial charge on any atom is -0.310 e. The van der Waals surface area contributed by atoms with Gasteiger partial charge in [0.2, 0.25) is 0 Å². The van der Waals surface area contributed by atoms with Crippen molar-refractivity contribution in [1.29, 1.82) is 5.26 Å². The Hall–Kier alpha value is -2.02. The average molecular weight is 316 g/mol. The van der Waals surface area contributed by atoms with Crippen LogP contribution in [-0.2, 0) is 6.54 Å². The lowest BCUT2D eigenvalue weighted by Crippen LogP contribution is -1.98. The maximum absolute atomic E-state index is 9.09. The van der Waals surface area contributed by atoms with Crippen molar-refractivity contribution in [3.8, 4) is 17.5 Å². The molecule has 1 heterocycles. The number of rotatable bonds is 2. The molecule has 0 spiro atoms. The fourth-order valence-electron chi connectivity index (χ4n) is 2.36. The molecule has 0 atom stereocenters. The van der Waals surface area contributed by atoms with E-state index in [1.54, 1.807) is 12.1 Å². The molecule has 0 saturated heterocycles. The van der Waals surface area contributed by atoms with Gasteiger partial charge in [-0.1, -0.05) is 47.0 Å². The van der Waals surface area contributed by atoms with Gasteiger partial charge in [-0.25, -0.2) is 4.98 Å². The SMILES string of the molecule is Cc1cccc(-c2nc3cc(Cl)c(Cl)cc3n2CC#N)c1. The zero-order valence-electron chi connectivity index (χ0n) is 11.3. The Balaban J connectivity index is 2.32. The number of nitriles is 1. The van der Waals surface area contributed by atoms with Gasteiger partial charge in [-0.2, -0.15) is 5.26 Å². The Morgan fingerprint density at radius 1 is 1.19 bits per heavy atom. The first kappa shape index (κ1) is 13.9. The zero-order chi connectivity index (χ0) is 15.0. The molecule has 3 rings (SSSR count). The molecule has 3 nitrogen and oxygen atoms in total. The number of benzene rings is 2. The Morgan fingerprint density at radius 3 is 2.67 bits per heavy atom. The molecule has 3 aromatic rings. The first-order chi connectivity index (χ1) is 10.1. The van der Waals surface area contributed by atoms with E-state index in [1.165, 1.54) is 0 Å².